The molecule has 0 radical (unpaired) electrons. The quantitative estimate of drug-likeness (QED) is 0.573. The fourth-order valence-electron chi connectivity index (χ4n) is 0.632. The van der Waals surface area contributed by atoms with Crippen molar-refractivity contribution in [1.29, 1.82) is 0 Å². The predicted molar refractivity (Wildman–Crippen MR) is 44.0 cm³/mol. The number of ether oxygens (including phenoxy) is 2. The van der Waals surface area contributed by atoms with E-state index in [0.29, 0.717) is 0 Å². The number of hydrogen-bond donors (Lipinski definition) is 1. The Balaban J connectivity index is 5.07. The van der Waals surface area contributed by atoms with Crippen molar-refractivity contribution in [3.05, 3.63) is 0 Å². The maximum atomic E-state index is 13.1. The molecule has 0 rings (SSSR count). The van der Waals surface area contributed by atoms with Crippen LogP contribution < -0.4 is 0 Å². The van der Waals surface area contributed by atoms with Gasteiger partial charge in [0.2, 0.25) is 0 Å². The van der Waals surface area contributed by atoms with Crippen molar-refractivity contribution < 1.29 is 53.2 Å². The normalized spacial score (nSPS) is 17.6. The summed E-state index contributed by atoms with van der Waals surface area (Å²) in [4.78, 5) is 0. The van der Waals surface area contributed by atoms with Crippen molar-refractivity contribution in [2.45, 2.75) is 30.8 Å². The van der Waals surface area contributed by atoms with Crippen molar-refractivity contribution in [2.75, 3.05) is 6.61 Å². The molecule has 5 nitrogen and oxygen atoms in total. The minimum Gasteiger partial charge on any atom is -0.310 e. The summed E-state index contributed by atoms with van der Waals surface area (Å²) < 4.78 is 121. The van der Waals surface area contributed by atoms with E-state index in [2.05, 4.69) is 9.47 Å². The Bertz CT molecular complexity index is 406. The lowest BCUT2D eigenvalue weighted by molar-refractivity contribution is -0.418. The Morgan fingerprint density at radius 1 is 1.16 bits per heavy atom. The third-order valence-corrected chi connectivity index (χ3v) is 2.21. The van der Waals surface area contributed by atoms with Crippen LogP contribution in [0.5, 0.6) is 0 Å². The summed E-state index contributed by atoms with van der Waals surface area (Å²) in [5, 5.41) is 0. The van der Waals surface area contributed by atoms with E-state index in [4.69, 9.17) is 4.55 Å². The lowest BCUT2D eigenvalue weighted by atomic mass is 10.3. The fraction of sp³-hybridized carbons (Fsp3) is 1.00. The summed E-state index contributed by atoms with van der Waals surface area (Å²) in [5.74, 6) is -4.80. The monoisotopic (exact) mass is 324 g/mol. The summed E-state index contributed by atoms with van der Waals surface area (Å²) in [7, 11) is -6.36. The van der Waals surface area contributed by atoms with Gasteiger partial charge in [0.25, 0.3) is 6.43 Å². The van der Waals surface area contributed by atoms with Gasteiger partial charge >= 0.3 is 27.5 Å². The van der Waals surface area contributed by atoms with Gasteiger partial charge in [-0.2, -0.15) is 26.0 Å². The zero-order valence-corrected chi connectivity index (χ0v) is 9.74. The molecule has 0 aromatic heterocycles. The molecule has 19 heavy (non-hydrogen) atoms. The Morgan fingerprint density at radius 2 is 1.58 bits per heavy atom. The van der Waals surface area contributed by atoms with Crippen LogP contribution >= 0.6 is 0 Å². The second-order valence-electron chi connectivity index (χ2n) is 3.18. The third-order valence-electron chi connectivity index (χ3n) is 1.52. The molecule has 0 aromatic carbocycles. The van der Waals surface area contributed by atoms with E-state index in [1.54, 1.807) is 0 Å². The lowest BCUT2D eigenvalue weighted by Crippen LogP contribution is -2.52. The first-order chi connectivity index (χ1) is 8.12. The fourth-order valence-corrected chi connectivity index (χ4v) is 0.894. The minimum atomic E-state index is -6.36. The highest BCUT2D eigenvalue weighted by molar-refractivity contribution is 7.86. The molecule has 116 valence electrons. The van der Waals surface area contributed by atoms with Crippen molar-refractivity contribution in [1.82, 2.24) is 0 Å². The molecule has 0 aliphatic heterocycles. The second kappa shape index (κ2) is 5.38. The number of halogens is 7. The molecule has 0 fully saturated rings. The van der Waals surface area contributed by atoms with Gasteiger partial charge in [-0.3, -0.25) is 9.29 Å². The number of alkyl halides is 7. The van der Waals surface area contributed by atoms with Crippen LogP contribution in [-0.2, 0) is 19.6 Å². The third kappa shape index (κ3) is 4.74. The van der Waals surface area contributed by atoms with E-state index in [1.165, 1.54) is 0 Å². The van der Waals surface area contributed by atoms with Gasteiger partial charge in [0.15, 0.2) is 0 Å². The first-order valence-electron chi connectivity index (χ1n) is 4.16. The molecule has 0 heterocycles. The van der Waals surface area contributed by atoms with Crippen LogP contribution in [0, 0.1) is 0 Å². The topological polar surface area (TPSA) is 72.8 Å². The van der Waals surface area contributed by atoms with Gasteiger partial charge in [-0.1, -0.05) is 0 Å². The molecule has 1 unspecified atom stereocenters. The summed E-state index contributed by atoms with van der Waals surface area (Å²) in [6.07, 6.45) is -8.79. The van der Waals surface area contributed by atoms with Crippen LogP contribution in [0.4, 0.5) is 30.7 Å². The Kier molecular flexibility index (Phi) is 5.19. The van der Waals surface area contributed by atoms with E-state index >= 15 is 0 Å². The molecule has 0 spiro atoms. The smallest absolute Gasteiger partial charge is 0.310 e. The molecule has 0 saturated carbocycles. The maximum Gasteiger partial charge on any atom is 0.490 e. The molecule has 0 aliphatic rings. The summed E-state index contributed by atoms with van der Waals surface area (Å²) in [6, 6.07) is 0. The highest BCUT2D eigenvalue weighted by atomic mass is 32.2. The van der Waals surface area contributed by atoms with E-state index in [0.717, 1.165) is 0 Å². The van der Waals surface area contributed by atoms with E-state index < -0.39 is 47.5 Å². The molecule has 0 amide bonds. The Hall–Kier alpha value is -0.660. The van der Waals surface area contributed by atoms with Gasteiger partial charge in [0.05, 0.1) is 0 Å². The minimum absolute atomic E-state index is 0.391. The Labute approximate surface area is 102 Å². The largest absolute Gasteiger partial charge is 0.490 e. The molecule has 13 heteroatoms. The molecule has 1 N–H and O–H groups in total. The van der Waals surface area contributed by atoms with Crippen LogP contribution in [0.3, 0.4) is 0 Å². The highest BCUT2D eigenvalue weighted by Gasteiger charge is 2.63. The molecule has 0 saturated heterocycles. The standard InChI is InChI=1S/C6H7F7O5S/c1-4(9,5(10,11)17-2-3(7)8)18-6(12,13)19(14,15)16/h3H,2H2,1H3,(H,14,15,16). The molecule has 0 aromatic rings. The molecular formula is C6H7F7O5S. The van der Waals surface area contributed by atoms with E-state index in [9.17, 15) is 39.2 Å². The zero-order chi connectivity index (χ0) is 15.7. The second-order valence-corrected chi connectivity index (χ2v) is 4.60. The van der Waals surface area contributed by atoms with Crippen molar-refractivity contribution in [3.8, 4) is 0 Å². The van der Waals surface area contributed by atoms with Crippen LogP contribution in [0.15, 0.2) is 0 Å². The van der Waals surface area contributed by atoms with Crippen molar-refractivity contribution in [3.63, 3.8) is 0 Å². The zero-order valence-electron chi connectivity index (χ0n) is 8.92. The maximum absolute atomic E-state index is 13.1. The predicted octanol–water partition coefficient (Wildman–Crippen LogP) is 2.00. The van der Waals surface area contributed by atoms with E-state index in [-0.39, 0.29) is 0 Å². The van der Waals surface area contributed by atoms with Crippen LogP contribution in [0.25, 0.3) is 0 Å². The first kappa shape index (κ1) is 18.3. The molecule has 1 atom stereocenters. The van der Waals surface area contributed by atoms with Gasteiger partial charge in [-0.25, -0.2) is 13.2 Å². The van der Waals surface area contributed by atoms with Crippen LogP contribution in [0.1, 0.15) is 6.92 Å². The average Bonchev–Trinajstić information content (AvgIpc) is 2.11. The SMILES string of the molecule is CC(F)(OC(F)(F)S(=O)(=O)O)C(F)(F)OCC(F)F. The van der Waals surface area contributed by atoms with Gasteiger partial charge < -0.3 is 4.74 Å². The summed E-state index contributed by atoms with van der Waals surface area (Å²) >= 11 is 0. The first-order valence-corrected chi connectivity index (χ1v) is 5.60. The lowest BCUT2D eigenvalue weighted by Gasteiger charge is -2.31. The Morgan fingerprint density at radius 3 is 1.89 bits per heavy atom. The number of hydrogen-bond acceptors (Lipinski definition) is 4. The highest BCUT2D eigenvalue weighted by Crippen LogP contribution is 2.40. The van der Waals surface area contributed by atoms with Gasteiger partial charge in [-0.05, 0) is 0 Å². The summed E-state index contributed by atoms with van der Waals surface area (Å²) in [5.41, 5.74) is -5.73. The molecular weight excluding hydrogens is 317 g/mol. The van der Waals surface area contributed by atoms with Crippen molar-refractivity contribution >= 4 is 10.1 Å². The van der Waals surface area contributed by atoms with Crippen LogP contribution in [-0.4, -0.2) is 43.4 Å². The average molecular weight is 324 g/mol. The van der Waals surface area contributed by atoms with Crippen molar-refractivity contribution in [2.24, 2.45) is 0 Å². The van der Waals surface area contributed by atoms with E-state index in [1.807, 2.05) is 0 Å². The number of rotatable bonds is 7. The molecule has 0 bridgehead atoms. The van der Waals surface area contributed by atoms with Gasteiger partial charge in [-0.15, -0.1) is 0 Å². The molecule has 0 aliphatic carbocycles. The van der Waals surface area contributed by atoms with Gasteiger partial charge in [0.1, 0.15) is 6.61 Å². The van der Waals surface area contributed by atoms with Crippen LogP contribution in [0.2, 0.25) is 0 Å². The van der Waals surface area contributed by atoms with Gasteiger partial charge in [0, 0.05) is 6.92 Å². The summed E-state index contributed by atoms with van der Waals surface area (Å²) in [6.45, 7) is -2.41.